The maximum absolute atomic E-state index is 13.5. The number of benzene rings is 1. The molecule has 4 rings (SSSR count). The highest BCUT2D eigenvalue weighted by Gasteiger charge is 2.30. The van der Waals surface area contributed by atoms with E-state index < -0.39 is 25.0 Å². The number of anilines is 2. The molecule has 1 atom stereocenters. The van der Waals surface area contributed by atoms with Gasteiger partial charge in [0.1, 0.15) is 17.9 Å². The van der Waals surface area contributed by atoms with E-state index in [-0.39, 0.29) is 29.4 Å². The number of aliphatic hydroxyl groups is 1. The maximum Gasteiger partial charge on any atom is 0.423 e. The number of nitrogens with one attached hydrogen (secondary N) is 2. The molecule has 3 N–H and O–H groups in total. The minimum atomic E-state index is -1.40. The maximum atomic E-state index is 13.5. The molecule has 1 aliphatic rings. The molecule has 1 saturated carbocycles. The van der Waals surface area contributed by atoms with E-state index in [4.69, 9.17) is 9.47 Å². The first-order valence-corrected chi connectivity index (χ1v) is 12.5. The minimum absolute atomic E-state index is 0.0766. The summed E-state index contributed by atoms with van der Waals surface area (Å²) in [5.41, 5.74) is 2.42. The van der Waals surface area contributed by atoms with Crippen LogP contribution in [0.3, 0.4) is 0 Å². The lowest BCUT2D eigenvalue weighted by Crippen LogP contribution is -2.31. The van der Waals surface area contributed by atoms with Crippen molar-refractivity contribution in [3.63, 3.8) is 0 Å². The van der Waals surface area contributed by atoms with Gasteiger partial charge in [0.05, 0.1) is 11.3 Å². The molecule has 39 heavy (non-hydrogen) atoms. The summed E-state index contributed by atoms with van der Waals surface area (Å²) in [6.07, 6.45) is 2.19. The molecule has 3 amide bonds. The number of rotatable bonds is 9. The number of ether oxygens (including phenoxy) is 2. The second kappa shape index (κ2) is 11.5. The lowest BCUT2D eigenvalue weighted by molar-refractivity contribution is -0.160. The Hall–Kier alpha value is -4.52. The van der Waals surface area contributed by atoms with Gasteiger partial charge in [-0.3, -0.25) is 9.59 Å². The number of fused-ring (bicyclic) bond motifs is 1. The fourth-order valence-electron chi connectivity index (χ4n) is 3.90. The Morgan fingerprint density at radius 2 is 1.92 bits per heavy atom. The number of hydrogen-bond donors (Lipinski definition) is 3. The van der Waals surface area contributed by atoms with Gasteiger partial charge in [0, 0.05) is 24.3 Å². The third-order valence-electron chi connectivity index (χ3n) is 6.13. The fraction of sp³-hybridized carbons (Fsp3) is 0.385. The molecule has 0 radical (unpaired) electrons. The molecule has 1 fully saturated rings. The number of nitrogens with zero attached hydrogens (tertiary/aromatic N) is 4. The molecule has 0 saturated heterocycles. The SMILES string of the molecule is CCNC(=O)c1cn2ncnc(N(C(=O)OCOC(=O)C(C)O)c3cc(C(=O)NC4CC4)ccc3C)c2c1C. The normalized spacial score (nSPS) is 13.5. The topological polar surface area (TPSA) is 164 Å². The number of aliphatic hydroxyl groups excluding tert-OH is 1. The highest BCUT2D eigenvalue weighted by molar-refractivity contribution is 6.05. The van der Waals surface area contributed by atoms with Crippen LogP contribution in [-0.4, -0.2) is 69.1 Å². The lowest BCUT2D eigenvalue weighted by Gasteiger charge is -2.24. The molecule has 13 nitrogen and oxygen atoms in total. The summed E-state index contributed by atoms with van der Waals surface area (Å²) >= 11 is 0. The second-order valence-electron chi connectivity index (χ2n) is 9.16. The first-order valence-electron chi connectivity index (χ1n) is 12.5. The van der Waals surface area contributed by atoms with Gasteiger partial charge in [-0.25, -0.2) is 24.0 Å². The second-order valence-corrected chi connectivity index (χ2v) is 9.16. The van der Waals surface area contributed by atoms with E-state index in [0.29, 0.717) is 34.3 Å². The van der Waals surface area contributed by atoms with Crippen molar-refractivity contribution < 1.29 is 33.8 Å². The average molecular weight is 539 g/mol. The number of carbonyl (C=O) groups excluding carboxylic acids is 4. The summed E-state index contributed by atoms with van der Waals surface area (Å²) in [7, 11) is 0. The largest absolute Gasteiger partial charge is 0.426 e. The lowest BCUT2D eigenvalue weighted by atomic mass is 10.1. The average Bonchev–Trinajstić information content (AvgIpc) is 3.65. The molecule has 3 aromatic rings. The third-order valence-corrected chi connectivity index (χ3v) is 6.13. The number of hydrogen-bond acceptors (Lipinski definition) is 9. The van der Waals surface area contributed by atoms with Crippen LogP contribution in [0.5, 0.6) is 0 Å². The molecule has 0 spiro atoms. The van der Waals surface area contributed by atoms with Crippen molar-refractivity contribution in [1.29, 1.82) is 0 Å². The molecule has 2 aromatic heterocycles. The quantitative estimate of drug-likeness (QED) is 0.273. The highest BCUT2D eigenvalue weighted by Crippen LogP contribution is 2.34. The van der Waals surface area contributed by atoms with Crippen molar-refractivity contribution in [2.45, 2.75) is 52.7 Å². The number of aromatic nitrogens is 3. The molecule has 2 heterocycles. The van der Waals surface area contributed by atoms with Crippen molar-refractivity contribution in [1.82, 2.24) is 25.2 Å². The first kappa shape index (κ1) is 27.5. The molecule has 1 unspecified atom stereocenters. The zero-order valence-electron chi connectivity index (χ0n) is 22.1. The summed E-state index contributed by atoms with van der Waals surface area (Å²) in [5, 5.41) is 19.2. The van der Waals surface area contributed by atoms with Crippen LogP contribution in [0.4, 0.5) is 16.3 Å². The summed E-state index contributed by atoms with van der Waals surface area (Å²) in [5.74, 6) is -1.50. The highest BCUT2D eigenvalue weighted by atomic mass is 16.7. The Balaban J connectivity index is 1.80. The van der Waals surface area contributed by atoms with Crippen LogP contribution in [0.15, 0.2) is 30.7 Å². The predicted molar refractivity (Wildman–Crippen MR) is 139 cm³/mol. The molecular formula is C26H30N6O7. The van der Waals surface area contributed by atoms with Crippen molar-refractivity contribution in [3.8, 4) is 0 Å². The zero-order chi connectivity index (χ0) is 28.3. The molecular weight excluding hydrogens is 508 g/mol. The van der Waals surface area contributed by atoms with Gasteiger partial charge in [-0.15, -0.1) is 0 Å². The summed E-state index contributed by atoms with van der Waals surface area (Å²) in [4.78, 5) is 56.1. The number of esters is 1. The van der Waals surface area contributed by atoms with Crippen molar-refractivity contribution in [3.05, 3.63) is 53.0 Å². The molecule has 13 heteroatoms. The molecule has 206 valence electrons. The van der Waals surface area contributed by atoms with Gasteiger partial charge >= 0.3 is 12.1 Å². The van der Waals surface area contributed by atoms with Gasteiger partial charge in [0.15, 0.2) is 5.82 Å². The van der Waals surface area contributed by atoms with Crippen molar-refractivity contribution in [2.75, 3.05) is 18.2 Å². The molecule has 0 bridgehead atoms. The van der Waals surface area contributed by atoms with Crippen LogP contribution < -0.4 is 15.5 Å². The Morgan fingerprint density at radius 1 is 1.18 bits per heavy atom. The van der Waals surface area contributed by atoms with Crippen LogP contribution in [0.2, 0.25) is 0 Å². The minimum Gasteiger partial charge on any atom is -0.426 e. The standard InChI is InChI=1S/C26H30N6O7/c1-5-27-24(35)19-11-31-21(15(19)3)22(28-12-29-31)32(26(37)39-13-38-25(36)16(4)33)20-10-17(7-6-14(20)2)23(34)30-18-8-9-18/h6-7,10-12,16,18,33H,5,8-9,13H2,1-4H3,(H,27,35)(H,30,34). The first-order chi connectivity index (χ1) is 18.6. The Morgan fingerprint density at radius 3 is 2.59 bits per heavy atom. The fourth-order valence-corrected chi connectivity index (χ4v) is 3.90. The van der Waals surface area contributed by atoms with Crippen molar-refractivity contribution in [2.24, 2.45) is 0 Å². The summed E-state index contributed by atoms with van der Waals surface area (Å²) in [6, 6.07) is 5.01. The van der Waals surface area contributed by atoms with E-state index in [1.807, 2.05) is 0 Å². The van der Waals surface area contributed by atoms with Gasteiger partial charge in [0.2, 0.25) is 6.79 Å². The van der Waals surface area contributed by atoms with Crippen LogP contribution in [0.1, 0.15) is 58.5 Å². The zero-order valence-corrected chi connectivity index (χ0v) is 22.1. The molecule has 1 aliphatic carbocycles. The molecule has 1 aromatic carbocycles. The van der Waals surface area contributed by atoms with E-state index >= 15 is 0 Å². The summed E-state index contributed by atoms with van der Waals surface area (Å²) in [6.45, 7) is 6.11. The summed E-state index contributed by atoms with van der Waals surface area (Å²) < 4.78 is 11.5. The number of aryl methyl sites for hydroxylation is 2. The Kier molecular flexibility index (Phi) is 8.10. The Labute approximate surface area is 224 Å². The smallest absolute Gasteiger partial charge is 0.423 e. The predicted octanol–water partition coefficient (Wildman–Crippen LogP) is 2.14. The van der Waals surface area contributed by atoms with Gasteiger partial charge in [0.25, 0.3) is 11.8 Å². The van der Waals surface area contributed by atoms with Crippen LogP contribution in [0, 0.1) is 13.8 Å². The van der Waals surface area contributed by atoms with Gasteiger partial charge in [-0.2, -0.15) is 5.10 Å². The van der Waals surface area contributed by atoms with Gasteiger partial charge < -0.3 is 25.2 Å². The number of carbonyl (C=O) groups is 4. The van der Waals surface area contributed by atoms with Crippen LogP contribution >= 0.6 is 0 Å². The third kappa shape index (κ3) is 5.98. The van der Waals surface area contributed by atoms with Gasteiger partial charge in [-0.05, 0) is 63.8 Å². The van der Waals surface area contributed by atoms with Crippen LogP contribution in [-0.2, 0) is 14.3 Å². The van der Waals surface area contributed by atoms with E-state index in [9.17, 15) is 24.3 Å². The van der Waals surface area contributed by atoms with Crippen molar-refractivity contribution >= 4 is 40.9 Å². The van der Waals surface area contributed by atoms with E-state index in [2.05, 4.69) is 20.7 Å². The number of amides is 3. The van der Waals surface area contributed by atoms with E-state index in [1.54, 1.807) is 32.9 Å². The monoisotopic (exact) mass is 538 g/mol. The van der Waals surface area contributed by atoms with E-state index in [1.165, 1.54) is 30.0 Å². The Bertz CT molecular complexity index is 1430. The molecule has 0 aliphatic heterocycles. The van der Waals surface area contributed by atoms with Crippen LogP contribution in [0.25, 0.3) is 5.52 Å². The van der Waals surface area contributed by atoms with Gasteiger partial charge in [-0.1, -0.05) is 6.07 Å². The van der Waals surface area contributed by atoms with E-state index in [0.717, 1.165) is 17.7 Å².